The fourth-order valence-corrected chi connectivity index (χ4v) is 5.41. The number of rotatable bonds is 6. The van der Waals surface area contributed by atoms with Gasteiger partial charge in [0.25, 0.3) is 5.91 Å². The lowest BCUT2D eigenvalue weighted by atomic mass is 10.1. The van der Waals surface area contributed by atoms with Gasteiger partial charge < -0.3 is 9.64 Å². The molecule has 0 N–H and O–H groups in total. The Hall–Kier alpha value is -2.41. The number of sulfone groups is 1. The van der Waals surface area contributed by atoms with Crippen molar-refractivity contribution in [2.45, 2.75) is 45.9 Å². The van der Waals surface area contributed by atoms with Gasteiger partial charge in [0.05, 0.1) is 11.5 Å². The first-order valence-electron chi connectivity index (χ1n) is 9.63. The van der Waals surface area contributed by atoms with Crippen LogP contribution >= 0.6 is 0 Å². The van der Waals surface area contributed by atoms with E-state index in [4.69, 9.17) is 4.74 Å². The first kappa shape index (κ1) is 21.3. The highest BCUT2D eigenvalue weighted by Crippen LogP contribution is 2.23. The molecule has 1 fully saturated rings. The van der Waals surface area contributed by atoms with Crippen LogP contribution in [0.2, 0.25) is 0 Å². The minimum atomic E-state index is -3.16. The first-order valence-corrected chi connectivity index (χ1v) is 11.5. The molecule has 1 saturated heterocycles. The van der Waals surface area contributed by atoms with E-state index in [1.807, 2.05) is 32.0 Å². The molecule has 1 heterocycles. The molecule has 5 nitrogen and oxygen atoms in total. The molecule has 0 spiro atoms. The van der Waals surface area contributed by atoms with Crippen molar-refractivity contribution in [3.63, 3.8) is 0 Å². The van der Waals surface area contributed by atoms with Crippen LogP contribution in [0.3, 0.4) is 0 Å². The molecule has 7 heteroatoms. The molecule has 1 aliphatic rings. The van der Waals surface area contributed by atoms with Crippen LogP contribution in [-0.4, -0.2) is 42.9 Å². The third-order valence-electron chi connectivity index (χ3n) is 5.05. The molecule has 0 radical (unpaired) electrons. The second kappa shape index (κ2) is 8.53. The topological polar surface area (TPSA) is 63.7 Å². The Balaban J connectivity index is 1.81. The van der Waals surface area contributed by atoms with Crippen molar-refractivity contribution in [2.24, 2.45) is 0 Å². The molecule has 1 amide bonds. The van der Waals surface area contributed by atoms with Crippen molar-refractivity contribution < 1.29 is 22.3 Å². The Bertz CT molecular complexity index is 968. The Morgan fingerprint density at radius 3 is 2.34 bits per heavy atom. The lowest BCUT2D eigenvalue weighted by Gasteiger charge is -2.31. The van der Waals surface area contributed by atoms with Gasteiger partial charge in [0.2, 0.25) is 0 Å². The zero-order chi connectivity index (χ0) is 21.2. The fraction of sp³-hybridized carbons (Fsp3) is 0.409. The summed E-state index contributed by atoms with van der Waals surface area (Å²) >= 11 is 0. The number of nitrogens with zero attached hydrogens (tertiary/aromatic N) is 1. The number of hydrogen-bond acceptors (Lipinski definition) is 4. The Labute approximate surface area is 171 Å². The van der Waals surface area contributed by atoms with Crippen molar-refractivity contribution in [2.75, 3.05) is 11.5 Å². The highest BCUT2D eigenvalue weighted by Gasteiger charge is 2.36. The average Bonchev–Trinajstić information content (AvgIpc) is 2.99. The van der Waals surface area contributed by atoms with Gasteiger partial charge in [0.1, 0.15) is 11.6 Å². The predicted octanol–water partition coefficient (Wildman–Crippen LogP) is 3.43. The molecule has 0 bridgehead atoms. The molecular weight excluding hydrogens is 393 g/mol. The van der Waals surface area contributed by atoms with E-state index < -0.39 is 22.0 Å². The summed E-state index contributed by atoms with van der Waals surface area (Å²) in [7, 11) is -3.16. The van der Waals surface area contributed by atoms with E-state index in [1.165, 1.54) is 12.1 Å². The van der Waals surface area contributed by atoms with Gasteiger partial charge in [0, 0.05) is 12.6 Å². The summed E-state index contributed by atoms with van der Waals surface area (Å²) in [5.41, 5.74) is 2.80. The number of ether oxygens (including phenoxy) is 1. The Morgan fingerprint density at radius 2 is 1.79 bits per heavy atom. The van der Waals surface area contributed by atoms with Crippen LogP contribution in [0.15, 0.2) is 42.5 Å². The molecule has 2 atom stereocenters. The maximum absolute atomic E-state index is 13.2. The summed E-state index contributed by atoms with van der Waals surface area (Å²) in [5, 5.41) is 0. The number of aryl methyl sites for hydroxylation is 2. The van der Waals surface area contributed by atoms with E-state index in [9.17, 15) is 17.6 Å². The van der Waals surface area contributed by atoms with Gasteiger partial charge in [0.15, 0.2) is 15.9 Å². The molecule has 2 aromatic carbocycles. The van der Waals surface area contributed by atoms with Crippen LogP contribution < -0.4 is 4.74 Å². The zero-order valence-corrected chi connectivity index (χ0v) is 17.7. The van der Waals surface area contributed by atoms with Gasteiger partial charge in [-0.1, -0.05) is 18.2 Å². The maximum Gasteiger partial charge on any atom is 0.263 e. The van der Waals surface area contributed by atoms with E-state index in [0.717, 1.165) is 16.7 Å². The van der Waals surface area contributed by atoms with Gasteiger partial charge in [-0.2, -0.15) is 0 Å². The van der Waals surface area contributed by atoms with Crippen molar-refractivity contribution in [3.05, 3.63) is 65.0 Å². The minimum Gasteiger partial charge on any atom is -0.481 e. The quantitative estimate of drug-likeness (QED) is 0.720. The Morgan fingerprint density at radius 1 is 1.17 bits per heavy atom. The fourth-order valence-electron chi connectivity index (χ4n) is 3.68. The van der Waals surface area contributed by atoms with Crippen LogP contribution in [0.25, 0.3) is 0 Å². The van der Waals surface area contributed by atoms with Crippen LogP contribution in [-0.2, 0) is 21.2 Å². The molecule has 0 aromatic heterocycles. The smallest absolute Gasteiger partial charge is 0.263 e. The van der Waals surface area contributed by atoms with Gasteiger partial charge in [-0.3, -0.25) is 4.79 Å². The Kier molecular flexibility index (Phi) is 6.27. The van der Waals surface area contributed by atoms with Crippen molar-refractivity contribution in [1.29, 1.82) is 0 Å². The number of hydrogen-bond donors (Lipinski definition) is 0. The monoisotopic (exact) mass is 419 g/mol. The minimum absolute atomic E-state index is 0.0593. The average molecular weight is 420 g/mol. The van der Waals surface area contributed by atoms with Crippen LogP contribution in [0.5, 0.6) is 5.75 Å². The highest BCUT2D eigenvalue weighted by atomic mass is 32.2. The molecule has 2 unspecified atom stereocenters. The van der Waals surface area contributed by atoms with E-state index in [-0.39, 0.29) is 29.8 Å². The SMILES string of the molecule is Cc1cc(C)cc(OC(C)C(=O)N(Cc2ccc(F)cc2)C2CCS(=O)(=O)C2)c1. The summed E-state index contributed by atoms with van der Waals surface area (Å²) in [5.74, 6) is -0.0331. The van der Waals surface area contributed by atoms with E-state index in [2.05, 4.69) is 0 Å². The summed E-state index contributed by atoms with van der Waals surface area (Å²) in [6.07, 6.45) is -0.383. The summed E-state index contributed by atoms with van der Waals surface area (Å²) in [4.78, 5) is 14.8. The number of halogens is 1. The lowest BCUT2D eigenvalue weighted by molar-refractivity contribution is -0.140. The summed E-state index contributed by atoms with van der Waals surface area (Å²) < 4.78 is 43.1. The van der Waals surface area contributed by atoms with Crippen molar-refractivity contribution in [3.8, 4) is 5.75 Å². The highest BCUT2D eigenvalue weighted by molar-refractivity contribution is 7.91. The van der Waals surface area contributed by atoms with Gasteiger partial charge in [-0.25, -0.2) is 12.8 Å². The second-order valence-electron chi connectivity index (χ2n) is 7.73. The van der Waals surface area contributed by atoms with E-state index >= 15 is 0 Å². The second-order valence-corrected chi connectivity index (χ2v) is 9.96. The van der Waals surface area contributed by atoms with Crippen LogP contribution in [0.4, 0.5) is 4.39 Å². The molecule has 1 aliphatic heterocycles. The van der Waals surface area contributed by atoms with Crippen molar-refractivity contribution in [1.82, 2.24) is 4.90 Å². The lowest BCUT2D eigenvalue weighted by Crippen LogP contribution is -2.46. The molecule has 0 saturated carbocycles. The zero-order valence-electron chi connectivity index (χ0n) is 16.9. The number of carbonyl (C=O) groups is 1. The predicted molar refractivity (Wildman–Crippen MR) is 110 cm³/mol. The number of benzene rings is 2. The number of amides is 1. The summed E-state index contributed by atoms with van der Waals surface area (Å²) in [6, 6.07) is 11.2. The third kappa shape index (κ3) is 5.56. The molecule has 156 valence electrons. The molecule has 2 aromatic rings. The van der Waals surface area contributed by atoms with E-state index in [0.29, 0.717) is 12.2 Å². The molecule has 0 aliphatic carbocycles. The van der Waals surface area contributed by atoms with Crippen LogP contribution in [0.1, 0.15) is 30.0 Å². The molecule has 29 heavy (non-hydrogen) atoms. The van der Waals surface area contributed by atoms with Gasteiger partial charge >= 0.3 is 0 Å². The maximum atomic E-state index is 13.2. The normalized spacial score (nSPS) is 19.0. The van der Waals surface area contributed by atoms with E-state index in [1.54, 1.807) is 24.0 Å². The van der Waals surface area contributed by atoms with Crippen LogP contribution in [0, 0.1) is 19.7 Å². The first-order chi connectivity index (χ1) is 13.6. The molecule has 3 rings (SSSR count). The third-order valence-corrected chi connectivity index (χ3v) is 6.80. The number of carbonyl (C=O) groups excluding carboxylic acids is 1. The molecular formula is C22H26FNO4S. The summed E-state index contributed by atoms with van der Waals surface area (Å²) in [6.45, 7) is 5.79. The van der Waals surface area contributed by atoms with Gasteiger partial charge in [-0.15, -0.1) is 0 Å². The standard InChI is InChI=1S/C22H26FNO4S/c1-15-10-16(2)12-21(11-15)28-17(3)22(25)24(20-8-9-29(26,27)14-20)13-18-4-6-19(23)7-5-18/h4-7,10-12,17,20H,8-9,13-14H2,1-3H3. The largest absolute Gasteiger partial charge is 0.481 e. The van der Waals surface area contributed by atoms with Crippen molar-refractivity contribution >= 4 is 15.7 Å². The van der Waals surface area contributed by atoms with Gasteiger partial charge in [-0.05, 0) is 68.1 Å².